The Kier molecular flexibility index (Phi) is 7.68. The highest BCUT2D eigenvalue weighted by molar-refractivity contribution is 5.92. The van der Waals surface area contributed by atoms with E-state index in [1.807, 2.05) is 30.5 Å². The summed E-state index contributed by atoms with van der Waals surface area (Å²) in [5, 5.41) is 16.3. The third-order valence-electron chi connectivity index (χ3n) is 9.63. The lowest BCUT2D eigenvalue weighted by molar-refractivity contribution is -0.138. The standard InChI is InChI=1S/C33H38FN3O5/c1-33(17-24-18-35-28-5-3-2-4-27(24)28,31(40)36-26(16-29(38)39)15-19-6-8-25(34)9-7-19)37-32(41)42-30-22-11-20-10-21(13-22)14-23(30)12-20/h2-9,18,20-23,26,30,35H,10-17H2,1H3,(H,36,40)(H,37,41)(H,38,39)/t20?,21?,22?,23?,26-,30?,33+/m1/s1. The van der Waals surface area contributed by atoms with Crippen molar-refractivity contribution < 1.29 is 28.6 Å². The van der Waals surface area contributed by atoms with Gasteiger partial charge in [-0.15, -0.1) is 0 Å². The van der Waals surface area contributed by atoms with Gasteiger partial charge >= 0.3 is 12.1 Å². The summed E-state index contributed by atoms with van der Waals surface area (Å²) in [4.78, 5) is 42.4. The van der Waals surface area contributed by atoms with Gasteiger partial charge in [-0.2, -0.15) is 0 Å². The predicted octanol–water partition coefficient (Wildman–Crippen LogP) is 5.36. The number of carbonyl (C=O) groups is 3. The van der Waals surface area contributed by atoms with E-state index in [4.69, 9.17) is 4.74 Å². The quantitative estimate of drug-likeness (QED) is 0.259. The lowest BCUT2D eigenvalue weighted by Gasteiger charge is -2.53. The summed E-state index contributed by atoms with van der Waals surface area (Å²) in [5.41, 5.74) is 1.00. The molecule has 1 heterocycles. The van der Waals surface area contributed by atoms with Crippen molar-refractivity contribution in [3.05, 3.63) is 71.7 Å². The number of carbonyl (C=O) groups excluding carboxylic acids is 2. The molecule has 8 nitrogen and oxygen atoms in total. The van der Waals surface area contributed by atoms with Gasteiger partial charge in [0.05, 0.1) is 6.42 Å². The number of rotatable bonds is 10. The third-order valence-corrected chi connectivity index (χ3v) is 9.63. The molecule has 4 saturated carbocycles. The fourth-order valence-electron chi connectivity index (χ4n) is 7.92. The van der Waals surface area contributed by atoms with Crippen molar-refractivity contribution in [2.75, 3.05) is 0 Å². The van der Waals surface area contributed by atoms with Crippen molar-refractivity contribution in [2.45, 2.75) is 76.0 Å². The van der Waals surface area contributed by atoms with E-state index in [0.717, 1.165) is 54.0 Å². The van der Waals surface area contributed by atoms with E-state index in [1.165, 1.54) is 18.6 Å². The van der Waals surface area contributed by atoms with Crippen molar-refractivity contribution in [3.8, 4) is 0 Å². The summed E-state index contributed by atoms with van der Waals surface area (Å²) in [6.45, 7) is 1.65. The molecule has 2 aromatic carbocycles. The molecule has 222 valence electrons. The fraction of sp³-hybridized carbons (Fsp3) is 0.485. The first-order chi connectivity index (χ1) is 20.1. The lowest BCUT2D eigenvalue weighted by Crippen LogP contribution is -2.61. The van der Waals surface area contributed by atoms with Gasteiger partial charge in [-0.05, 0) is 98.4 Å². The molecule has 2 amide bonds. The largest absolute Gasteiger partial charge is 0.481 e. The first-order valence-electron chi connectivity index (χ1n) is 15.0. The summed E-state index contributed by atoms with van der Waals surface area (Å²) in [5.74, 6) is 0.234. The van der Waals surface area contributed by atoms with Crippen LogP contribution in [0, 0.1) is 29.5 Å². The Morgan fingerprint density at radius 3 is 2.36 bits per heavy atom. The van der Waals surface area contributed by atoms with Gasteiger partial charge in [-0.3, -0.25) is 9.59 Å². The molecule has 2 atom stereocenters. The van der Waals surface area contributed by atoms with Gasteiger partial charge < -0.3 is 25.5 Å². The number of nitrogens with one attached hydrogen (secondary N) is 3. The summed E-state index contributed by atoms with van der Waals surface area (Å²) in [7, 11) is 0. The van der Waals surface area contributed by atoms with Crippen LogP contribution in [0.3, 0.4) is 0 Å². The van der Waals surface area contributed by atoms with E-state index in [2.05, 4.69) is 15.6 Å². The SMILES string of the molecule is C[C@@](Cc1c[nH]c2ccccc12)(NC(=O)OC1C2CC3CC(C2)CC1C3)C(=O)N[C@@H](CC(=O)O)Cc1ccc(F)cc1. The number of hydrogen-bond donors (Lipinski definition) is 4. The molecule has 0 aliphatic heterocycles. The highest BCUT2D eigenvalue weighted by atomic mass is 19.1. The van der Waals surface area contributed by atoms with Crippen molar-refractivity contribution in [2.24, 2.45) is 23.7 Å². The minimum atomic E-state index is -1.44. The number of carboxylic acid groups (broad SMARTS) is 1. The van der Waals surface area contributed by atoms with Crippen molar-refractivity contribution in [1.82, 2.24) is 15.6 Å². The number of amides is 2. The molecular formula is C33H38FN3O5. The molecule has 4 bridgehead atoms. The van der Waals surface area contributed by atoms with Crippen molar-refractivity contribution >= 4 is 28.9 Å². The van der Waals surface area contributed by atoms with Crippen LogP contribution in [0.25, 0.3) is 10.9 Å². The van der Waals surface area contributed by atoms with Gasteiger partial charge in [-0.25, -0.2) is 9.18 Å². The minimum Gasteiger partial charge on any atom is -0.481 e. The highest BCUT2D eigenvalue weighted by Gasteiger charge is 2.50. The van der Waals surface area contributed by atoms with E-state index in [0.29, 0.717) is 17.4 Å². The first kappa shape index (κ1) is 28.2. The highest BCUT2D eigenvalue weighted by Crippen LogP contribution is 2.54. The number of halogens is 1. The van der Waals surface area contributed by atoms with Crippen LogP contribution < -0.4 is 10.6 Å². The van der Waals surface area contributed by atoms with Crippen molar-refractivity contribution in [1.29, 1.82) is 0 Å². The van der Waals surface area contributed by atoms with Crippen LogP contribution in [0.2, 0.25) is 0 Å². The Balaban J connectivity index is 1.22. The molecule has 7 rings (SSSR count). The van der Waals surface area contributed by atoms with Crippen LogP contribution in [0.15, 0.2) is 54.7 Å². The second-order valence-electron chi connectivity index (χ2n) is 12.9. The topological polar surface area (TPSA) is 121 Å². The average Bonchev–Trinajstić information content (AvgIpc) is 3.33. The summed E-state index contributed by atoms with van der Waals surface area (Å²) in [6, 6.07) is 12.7. The monoisotopic (exact) mass is 575 g/mol. The van der Waals surface area contributed by atoms with Crippen LogP contribution in [0.4, 0.5) is 9.18 Å². The maximum absolute atomic E-state index is 14.0. The normalized spacial score (nSPS) is 26.4. The molecule has 0 unspecified atom stereocenters. The van der Waals surface area contributed by atoms with Gasteiger partial charge in [0.1, 0.15) is 17.5 Å². The number of benzene rings is 2. The maximum Gasteiger partial charge on any atom is 0.408 e. The number of alkyl carbamates (subject to hydrolysis) is 1. The predicted molar refractivity (Wildman–Crippen MR) is 155 cm³/mol. The summed E-state index contributed by atoms with van der Waals surface area (Å²) >= 11 is 0. The number of hydrogen-bond acceptors (Lipinski definition) is 4. The van der Waals surface area contributed by atoms with Crippen LogP contribution in [-0.2, 0) is 27.2 Å². The maximum atomic E-state index is 14.0. The fourth-order valence-corrected chi connectivity index (χ4v) is 7.92. The smallest absolute Gasteiger partial charge is 0.408 e. The Morgan fingerprint density at radius 1 is 1.02 bits per heavy atom. The number of aromatic nitrogens is 1. The molecular weight excluding hydrogens is 537 g/mol. The average molecular weight is 576 g/mol. The molecule has 0 saturated heterocycles. The van der Waals surface area contributed by atoms with Gasteiger partial charge in [0.2, 0.25) is 5.91 Å². The molecule has 4 aliphatic carbocycles. The van der Waals surface area contributed by atoms with E-state index < -0.39 is 35.4 Å². The van der Waals surface area contributed by atoms with Crippen LogP contribution >= 0.6 is 0 Å². The zero-order valence-electron chi connectivity index (χ0n) is 23.8. The number of para-hydroxylation sites is 1. The second-order valence-corrected chi connectivity index (χ2v) is 12.9. The Morgan fingerprint density at radius 2 is 1.69 bits per heavy atom. The van der Waals surface area contributed by atoms with E-state index >= 15 is 0 Å². The molecule has 9 heteroatoms. The van der Waals surface area contributed by atoms with E-state index in [1.54, 1.807) is 19.1 Å². The Labute approximate surface area is 244 Å². The first-order valence-corrected chi connectivity index (χ1v) is 15.0. The van der Waals surface area contributed by atoms with Gasteiger partial charge in [-0.1, -0.05) is 30.3 Å². The lowest BCUT2D eigenvalue weighted by atomic mass is 9.55. The Hall–Kier alpha value is -3.88. The molecule has 1 aromatic heterocycles. The van der Waals surface area contributed by atoms with Crippen LogP contribution in [-0.4, -0.2) is 45.7 Å². The van der Waals surface area contributed by atoms with E-state index in [9.17, 15) is 23.9 Å². The molecule has 4 aliphatic rings. The van der Waals surface area contributed by atoms with Gasteiger partial charge in [0.25, 0.3) is 0 Å². The molecule has 4 fully saturated rings. The second kappa shape index (κ2) is 11.4. The Bertz CT molecular complexity index is 1440. The van der Waals surface area contributed by atoms with Gasteiger partial charge in [0, 0.05) is 29.6 Å². The molecule has 3 aromatic rings. The number of fused-ring (bicyclic) bond motifs is 1. The number of ether oxygens (including phenoxy) is 1. The van der Waals surface area contributed by atoms with Crippen LogP contribution in [0.5, 0.6) is 0 Å². The molecule has 0 spiro atoms. The summed E-state index contributed by atoms with van der Waals surface area (Å²) < 4.78 is 19.5. The van der Waals surface area contributed by atoms with E-state index in [-0.39, 0.29) is 25.4 Å². The number of aromatic amines is 1. The number of aliphatic carboxylic acids is 1. The minimum absolute atomic E-state index is 0.142. The van der Waals surface area contributed by atoms with Crippen molar-refractivity contribution in [3.63, 3.8) is 0 Å². The number of carboxylic acids is 1. The van der Waals surface area contributed by atoms with Crippen LogP contribution in [0.1, 0.15) is 56.6 Å². The molecule has 0 radical (unpaired) electrons. The zero-order chi connectivity index (χ0) is 29.4. The third kappa shape index (κ3) is 6.01. The number of H-pyrrole nitrogens is 1. The molecule has 42 heavy (non-hydrogen) atoms. The summed E-state index contributed by atoms with van der Waals surface area (Å²) in [6.07, 6.45) is 6.76. The van der Waals surface area contributed by atoms with Gasteiger partial charge in [0.15, 0.2) is 0 Å². The molecule has 4 N–H and O–H groups in total. The zero-order valence-corrected chi connectivity index (χ0v) is 23.8.